The Hall–Kier alpha value is -2.74. The minimum atomic E-state index is -0.00984. The number of rotatable bonds is 4. The van der Waals surface area contributed by atoms with Crippen LogP contribution in [0.2, 0.25) is 0 Å². The lowest BCUT2D eigenvalue weighted by Gasteiger charge is -2.07. The molecule has 3 aromatic heterocycles. The van der Waals surface area contributed by atoms with Crippen LogP contribution < -0.4 is 0 Å². The van der Waals surface area contributed by atoms with E-state index in [1.54, 1.807) is 31.2 Å². The molecule has 0 bridgehead atoms. The third-order valence-electron chi connectivity index (χ3n) is 3.51. The van der Waals surface area contributed by atoms with E-state index in [9.17, 15) is 0 Å². The molecular weight excluding hydrogens is 324 g/mol. The maximum Gasteiger partial charge on any atom is 0.229 e. The molecule has 4 aromatic rings. The summed E-state index contributed by atoms with van der Waals surface area (Å²) in [5.41, 5.74) is 1.73. The van der Waals surface area contributed by atoms with Crippen molar-refractivity contribution in [3.8, 4) is 5.69 Å². The van der Waals surface area contributed by atoms with E-state index in [4.69, 9.17) is 4.42 Å². The van der Waals surface area contributed by atoms with E-state index in [2.05, 4.69) is 25.3 Å². The molecule has 4 rings (SSSR count). The summed E-state index contributed by atoms with van der Waals surface area (Å²) in [6.07, 6.45) is 3.34. The highest BCUT2D eigenvalue weighted by Crippen LogP contribution is 2.36. The molecule has 0 amide bonds. The average molecular weight is 338 g/mol. The SMILES string of the molecule is Cc1nnc(C(C)Sc2ncnc3c2cnn3-c2ccccc2)o1. The van der Waals surface area contributed by atoms with Gasteiger partial charge in [0.1, 0.15) is 11.4 Å². The summed E-state index contributed by atoms with van der Waals surface area (Å²) in [4.78, 5) is 8.78. The normalized spacial score (nSPS) is 12.6. The number of nitrogens with zero attached hydrogens (tertiary/aromatic N) is 6. The topological polar surface area (TPSA) is 82.5 Å². The fourth-order valence-electron chi connectivity index (χ4n) is 2.37. The van der Waals surface area contributed by atoms with Crippen LogP contribution in [0.3, 0.4) is 0 Å². The third kappa shape index (κ3) is 2.65. The van der Waals surface area contributed by atoms with Crippen molar-refractivity contribution in [2.45, 2.75) is 24.1 Å². The quantitative estimate of drug-likeness (QED) is 0.417. The van der Waals surface area contributed by atoms with Gasteiger partial charge in [-0.3, -0.25) is 0 Å². The monoisotopic (exact) mass is 338 g/mol. The van der Waals surface area contributed by atoms with Gasteiger partial charge in [-0.05, 0) is 19.1 Å². The number of hydrogen-bond acceptors (Lipinski definition) is 7. The van der Waals surface area contributed by atoms with Crippen molar-refractivity contribution in [2.24, 2.45) is 0 Å². The molecule has 0 spiro atoms. The number of thioether (sulfide) groups is 1. The second-order valence-corrected chi connectivity index (χ2v) is 6.56. The van der Waals surface area contributed by atoms with Gasteiger partial charge in [-0.2, -0.15) is 5.10 Å². The fraction of sp³-hybridized carbons (Fsp3) is 0.188. The Morgan fingerprint density at radius 3 is 2.71 bits per heavy atom. The first-order valence-corrected chi connectivity index (χ1v) is 8.31. The zero-order valence-corrected chi connectivity index (χ0v) is 13.9. The minimum Gasteiger partial charge on any atom is -0.424 e. The van der Waals surface area contributed by atoms with Gasteiger partial charge in [0.2, 0.25) is 11.8 Å². The van der Waals surface area contributed by atoms with Gasteiger partial charge in [0.05, 0.1) is 22.5 Å². The molecule has 7 nitrogen and oxygen atoms in total. The Labute approximate surface area is 142 Å². The molecule has 0 saturated carbocycles. The Bertz CT molecular complexity index is 981. The Balaban J connectivity index is 1.71. The van der Waals surface area contributed by atoms with Gasteiger partial charge in [-0.1, -0.05) is 30.0 Å². The Morgan fingerprint density at radius 2 is 1.96 bits per heavy atom. The number of aromatic nitrogens is 6. The lowest BCUT2D eigenvalue weighted by Crippen LogP contribution is -1.98. The number of hydrogen-bond donors (Lipinski definition) is 0. The van der Waals surface area contributed by atoms with E-state index in [1.165, 1.54) is 0 Å². The summed E-state index contributed by atoms with van der Waals surface area (Å²) < 4.78 is 7.30. The largest absolute Gasteiger partial charge is 0.424 e. The summed E-state index contributed by atoms with van der Waals surface area (Å²) >= 11 is 1.55. The number of fused-ring (bicyclic) bond motifs is 1. The first-order valence-electron chi connectivity index (χ1n) is 7.43. The molecular formula is C16H14N6OS. The lowest BCUT2D eigenvalue weighted by molar-refractivity contribution is 0.470. The van der Waals surface area contributed by atoms with Crippen molar-refractivity contribution >= 4 is 22.8 Å². The molecule has 24 heavy (non-hydrogen) atoms. The van der Waals surface area contributed by atoms with Crippen molar-refractivity contribution < 1.29 is 4.42 Å². The third-order valence-corrected chi connectivity index (χ3v) is 4.61. The lowest BCUT2D eigenvalue weighted by atomic mass is 10.3. The van der Waals surface area contributed by atoms with E-state index in [0.717, 1.165) is 21.7 Å². The molecule has 1 aromatic carbocycles. The summed E-state index contributed by atoms with van der Waals surface area (Å²) in [5, 5.41) is 14.1. The smallest absolute Gasteiger partial charge is 0.229 e. The van der Waals surface area contributed by atoms with Crippen LogP contribution in [0.4, 0.5) is 0 Å². The minimum absolute atomic E-state index is 0.00984. The van der Waals surface area contributed by atoms with Gasteiger partial charge in [0, 0.05) is 6.92 Å². The van der Waals surface area contributed by atoms with Crippen LogP contribution in [0.15, 0.2) is 52.3 Å². The van der Waals surface area contributed by atoms with Crippen LogP contribution in [0.5, 0.6) is 0 Å². The maximum absolute atomic E-state index is 5.50. The van der Waals surface area contributed by atoms with E-state index >= 15 is 0 Å². The summed E-state index contributed by atoms with van der Waals surface area (Å²) in [6.45, 7) is 3.79. The highest BCUT2D eigenvalue weighted by Gasteiger charge is 2.18. The fourth-order valence-corrected chi connectivity index (χ4v) is 3.28. The molecule has 3 heterocycles. The van der Waals surface area contributed by atoms with Gasteiger partial charge >= 0.3 is 0 Å². The van der Waals surface area contributed by atoms with Crippen molar-refractivity contribution in [1.82, 2.24) is 29.9 Å². The van der Waals surface area contributed by atoms with Crippen molar-refractivity contribution in [3.63, 3.8) is 0 Å². The van der Waals surface area contributed by atoms with Gasteiger partial charge in [-0.25, -0.2) is 14.6 Å². The molecule has 0 aliphatic carbocycles. The van der Waals surface area contributed by atoms with Gasteiger partial charge < -0.3 is 4.42 Å². The van der Waals surface area contributed by atoms with Crippen LogP contribution in [0.25, 0.3) is 16.7 Å². The van der Waals surface area contributed by atoms with Crippen LogP contribution in [0.1, 0.15) is 24.0 Å². The predicted octanol–water partition coefficient (Wildman–Crippen LogP) is 3.36. The van der Waals surface area contributed by atoms with Gasteiger partial charge in [-0.15, -0.1) is 10.2 Å². The molecule has 1 atom stereocenters. The number of aryl methyl sites for hydroxylation is 1. The Kier molecular flexibility index (Phi) is 3.73. The van der Waals surface area contributed by atoms with Crippen LogP contribution in [-0.4, -0.2) is 29.9 Å². The molecule has 0 saturated heterocycles. The second-order valence-electron chi connectivity index (χ2n) is 5.23. The summed E-state index contributed by atoms with van der Waals surface area (Å²) in [6, 6.07) is 9.90. The first kappa shape index (κ1) is 14.8. The molecule has 0 N–H and O–H groups in total. The molecule has 0 aliphatic heterocycles. The highest BCUT2D eigenvalue weighted by molar-refractivity contribution is 7.99. The van der Waals surface area contributed by atoms with Crippen LogP contribution in [-0.2, 0) is 0 Å². The molecule has 0 radical (unpaired) electrons. The first-order chi connectivity index (χ1) is 11.7. The number of para-hydroxylation sites is 1. The van der Waals surface area contributed by atoms with E-state index in [0.29, 0.717) is 11.8 Å². The zero-order valence-electron chi connectivity index (χ0n) is 13.1. The highest BCUT2D eigenvalue weighted by atomic mass is 32.2. The second kappa shape index (κ2) is 6.04. The summed E-state index contributed by atoms with van der Waals surface area (Å²) in [7, 11) is 0. The predicted molar refractivity (Wildman–Crippen MR) is 90.0 cm³/mol. The van der Waals surface area contributed by atoms with E-state index in [1.807, 2.05) is 41.9 Å². The van der Waals surface area contributed by atoms with Crippen LogP contribution >= 0.6 is 11.8 Å². The molecule has 8 heteroatoms. The molecule has 1 unspecified atom stereocenters. The van der Waals surface area contributed by atoms with Crippen molar-refractivity contribution in [3.05, 3.63) is 54.6 Å². The van der Waals surface area contributed by atoms with Crippen LogP contribution in [0, 0.1) is 6.92 Å². The molecule has 0 aliphatic rings. The van der Waals surface area contributed by atoms with Gasteiger partial charge in [0.15, 0.2) is 5.65 Å². The molecule has 0 fully saturated rings. The van der Waals surface area contributed by atoms with Crippen molar-refractivity contribution in [1.29, 1.82) is 0 Å². The van der Waals surface area contributed by atoms with E-state index in [-0.39, 0.29) is 5.25 Å². The van der Waals surface area contributed by atoms with Gasteiger partial charge in [0.25, 0.3) is 0 Å². The summed E-state index contributed by atoms with van der Waals surface area (Å²) in [5.74, 6) is 1.14. The molecule has 120 valence electrons. The number of benzene rings is 1. The maximum atomic E-state index is 5.50. The Morgan fingerprint density at radius 1 is 1.12 bits per heavy atom. The zero-order chi connectivity index (χ0) is 16.5. The van der Waals surface area contributed by atoms with E-state index < -0.39 is 0 Å². The average Bonchev–Trinajstić information content (AvgIpc) is 3.22. The van der Waals surface area contributed by atoms with Crippen molar-refractivity contribution in [2.75, 3.05) is 0 Å². The standard InChI is InChI=1S/C16H14N6OS/c1-10(15-21-20-11(2)23-15)24-16-13-8-19-22(14(13)17-9-18-16)12-6-4-3-5-7-12/h3-10H,1-2H3.